The molecule has 0 saturated heterocycles. The third-order valence-electron chi connectivity index (χ3n) is 9.11. The summed E-state index contributed by atoms with van der Waals surface area (Å²) in [5.74, 6) is 0.809. The van der Waals surface area contributed by atoms with Crippen LogP contribution in [0.5, 0.6) is 0 Å². The van der Waals surface area contributed by atoms with E-state index in [1.807, 2.05) is 13.8 Å². The van der Waals surface area contributed by atoms with Crippen molar-refractivity contribution in [3.05, 3.63) is 182 Å². The molecule has 0 spiro atoms. The molecule has 0 amide bonds. The molecule has 1 heteroatoms. The summed E-state index contributed by atoms with van der Waals surface area (Å²) in [6.07, 6.45) is 25.1. The fourth-order valence-electron chi connectivity index (χ4n) is 6.58. The summed E-state index contributed by atoms with van der Waals surface area (Å²) < 4.78 is 0. The Bertz CT molecular complexity index is 1950. The molecular formula is C47H51B. The van der Waals surface area contributed by atoms with Crippen molar-refractivity contribution >= 4 is 50.1 Å². The van der Waals surface area contributed by atoms with Crippen molar-refractivity contribution in [1.82, 2.24) is 0 Å². The molecule has 0 aromatic heterocycles. The Morgan fingerprint density at radius 3 is 1.85 bits per heavy atom. The number of fused-ring (bicyclic) bond motifs is 6. The fraction of sp³-hybridized carbons (Fsp3) is 0.191. The van der Waals surface area contributed by atoms with Crippen LogP contribution in [-0.2, 0) is 0 Å². The van der Waals surface area contributed by atoms with Crippen LogP contribution in [-0.4, -0.2) is 6.71 Å². The number of hydrogen-bond acceptors (Lipinski definition) is 0. The van der Waals surface area contributed by atoms with E-state index in [-0.39, 0.29) is 0 Å². The maximum absolute atomic E-state index is 4.08. The number of benzene rings is 5. The lowest BCUT2D eigenvalue weighted by Gasteiger charge is -2.25. The van der Waals surface area contributed by atoms with Gasteiger partial charge in [-0.15, -0.1) is 6.58 Å². The number of allylic oxidation sites excluding steroid dienone is 13. The highest BCUT2D eigenvalue weighted by Gasteiger charge is 2.27. The van der Waals surface area contributed by atoms with Crippen molar-refractivity contribution in [2.24, 2.45) is 5.92 Å². The lowest BCUT2D eigenvalue weighted by Crippen LogP contribution is -2.36. The van der Waals surface area contributed by atoms with Crippen LogP contribution in [0.4, 0.5) is 0 Å². The molecule has 0 bridgehead atoms. The Morgan fingerprint density at radius 1 is 0.708 bits per heavy atom. The number of rotatable bonds is 12. The lowest BCUT2D eigenvalue weighted by atomic mass is 9.33. The van der Waals surface area contributed by atoms with Gasteiger partial charge in [-0.2, -0.15) is 0 Å². The van der Waals surface area contributed by atoms with Gasteiger partial charge in [-0.3, -0.25) is 0 Å². The fourth-order valence-corrected chi connectivity index (χ4v) is 6.58. The van der Waals surface area contributed by atoms with E-state index in [1.165, 1.54) is 54.5 Å². The Labute approximate surface area is 290 Å². The van der Waals surface area contributed by atoms with Crippen molar-refractivity contribution in [1.29, 1.82) is 0 Å². The van der Waals surface area contributed by atoms with Gasteiger partial charge in [0.1, 0.15) is 0 Å². The standard InChI is InChI=1S/C45H45B.C2H6/c1-6-20-45(35(5)7-2)46(38-24-10-9-11-25-38)32-19-18-22-34(4)21-12-13-23-36(8-3)37-30-31-43-41-28-15-14-26-39(41)40-27-16-17-29-42(40)44(43)33-37;1-2/h6-31,33,35,45H,2,32H2,1,3-5H3;1-2H3/b19-18-,20-6-,21-12+,23-13-,34-22+,36-8+;. The van der Waals surface area contributed by atoms with Crippen molar-refractivity contribution in [3.8, 4) is 0 Å². The van der Waals surface area contributed by atoms with Crippen LogP contribution in [0.1, 0.15) is 47.1 Å². The van der Waals surface area contributed by atoms with E-state index in [9.17, 15) is 0 Å². The van der Waals surface area contributed by atoms with Gasteiger partial charge in [0.05, 0.1) is 0 Å². The van der Waals surface area contributed by atoms with Crippen LogP contribution in [0.15, 0.2) is 176 Å². The van der Waals surface area contributed by atoms with Crippen LogP contribution in [0.2, 0.25) is 12.1 Å². The quantitative estimate of drug-likeness (QED) is 0.0559. The van der Waals surface area contributed by atoms with Gasteiger partial charge in [-0.25, -0.2) is 0 Å². The number of hydrogen-bond donors (Lipinski definition) is 0. The molecule has 0 fully saturated rings. The molecule has 242 valence electrons. The zero-order valence-corrected chi connectivity index (χ0v) is 29.7. The second-order valence-corrected chi connectivity index (χ2v) is 12.1. The summed E-state index contributed by atoms with van der Waals surface area (Å²) in [5.41, 5.74) is 5.03. The molecule has 0 N–H and O–H groups in total. The van der Waals surface area contributed by atoms with Gasteiger partial charge >= 0.3 is 0 Å². The van der Waals surface area contributed by atoms with E-state index < -0.39 is 0 Å². The molecule has 0 heterocycles. The summed E-state index contributed by atoms with van der Waals surface area (Å²) in [6, 6.07) is 35.3. The van der Waals surface area contributed by atoms with Crippen LogP contribution in [0.3, 0.4) is 0 Å². The zero-order chi connectivity index (χ0) is 34.3. The van der Waals surface area contributed by atoms with Crippen molar-refractivity contribution in [2.75, 3.05) is 0 Å². The Morgan fingerprint density at radius 2 is 1.27 bits per heavy atom. The Kier molecular flexibility index (Phi) is 13.8. The first-order chi connectivity index (χ1) is 23.5. The first kappa shape index (κ1) is 36.0. The molecule has 5 aromatic rings. The Balaban J connectivity index is 0.00000255. The third kappa shape index (κ3) is 8.72. The maximum atomic E-state index is 4.08. The summed E-state index contributed by atoms with van der Waals surface area (Å²) in [4.78, 5) is 0. The minimum atomic E-state index is 0.401. The van der Waals surface area contributed by atoms with E-state index in [0.717, 1.165) is 6.32 Å². The van der Waals surface area contributed by atoms with Crippen LogP contribution in [0.25, 0.3) is 37.9 Å². The highest BCUT2D eigenvalue weighted by Crippen LogP contribution is 2.36. The smallest absolute Gasteiger partial charge is 0.103 e. The first-order valence-electron chi connectivity index (χ1n) is 17.5. The SMILES string of the molecule is C=CC(C)C(/C=C\C)B(C\C=C/C=C(C)/C=C/C=C\C(=C/C)c1ccc2c3ccccc3c3ccccc3c2c1)c1ccccc1.CC. The Hall–Kier alpha value is -4.88. The normalized spacial score (nSPS) is 14.0. The van der Waals surface area contributed by atoms with Gasteiger partial charge in [-0.1, -0.05) is 196 Å². The molecule has 0 aliphatic heterocycles. The molecule has 5 rings (SSSR count). The highest BCUT2D eigenvalue weighted by molar-refractivity contribution is 6.75. The summed E-state index contributed by atoms with van der Waals surface area (Å²) in [7, 11) is 0. The molecular weight excluding hydrogens is 575 g/mol. The summed E-state index contributed by atoms with van der Waals surface area (Å²) in [6.45, 7) is 17.1. The summed E-state index contributed by atoms with van der Waals surface area (Å²) >= 11 is 0. The zero-order valence-electron chi connectivity index (χ0n) is 29.7. The monoisotopic (exact) mass is 626 g/mol. The van der Waals surface area contributed by atoms with E-state index in [1.54, 1.807) is 0 Å². The van der Waals surface area contributed by atoms with E-state index in [2.05, 4.69) is 198 Å². The molecule has 0 aliphatic rings. The average Bonchev–Trinajstić information content (AvgIpc) is 3.15. The van der Waals surface area contributed by atoms with E-state index >= 15 is 0 Å². The highest BCUT2D eigenvalue weighted by atomic mass is 14.1. The molecule has 0 aliphatic carbocycles. The minimum absolute atomic E-state index is 0.401. The molecule has 5 aromatic carbocycles. The molecule has 0 nitrogen and oxygen atoms in total. The van der Waals surface area contributed by atoms with Crippen molar-refractivity contribution < 1.29 is 0 Å². The summed E-state index contributed by atoms with van der Waals surface area (Å²) in [5, 5.41) is 7.82. The maximum Gasteiger partial charge on any atom is 0.187 e. The molecule has 2 unspecified atom stereocenters. The molecule has 48 heavy (non-hydrogen) atoms. The van der Waals surface area contributed by atoms with Gasteiger partial charge < -0.3 is 0 Å². The molecule has 0 radical (unpaired) electrons. The van der Waals surface area contributed by atoms with Gasteiger partial charge in [0, 0.05) is 0 Å². The van der Waals surface area contributed by atoms with Crippen LogP contribution < -0.4 is 5.46 Å². The first-order valence-corrected chi connectivity index (χ1v) is 17.5. The average molecular weight is 627 g/mol. The predicted molar refractivity (Wildman–Crippen MR) is 220 cm³/mol. The lowest BCUT2D eigenvalue weighted by molar-refractivity contribution is 0.731. The van der Waals surface area contributed by atoms with E-state index in [4.69, 9.17) is 0 Å². The van der Waals surface area contributed by atoms with E-state index in [0.29, 0.717) is 18.4 Å². The van der Waals surface area contributed by atoms with Gasteiger partial charge in [0.25, 0.3) is 0 Å². The third-order valence-corrected chi connectivity index (χ3v) is 9.11. The predicted octanol–water partition coefficient (Wildman–Crippen LogP) is 13.4. The molecule has 2 atom stereocenters. The molecule has 0 saturated carbocycles. The van der Waals surface area contributed by atoms with Crippen molar-refractivity contribution in [2.45, 2.75) is 53.7 Å². The van der Waals surface area contributed by atoms with Crippen LogP contribution in [0, 0.1) is 5.92 Å². The second kappa shape index (κ2) is 18.5. The van der Waals surface area contributed by atoms with Crippen molar-refractivity contribution in [3.63, 3.8) is 0 Å². The van der Waals surface area contributed by atoms with Gasteiger partial charge in [0.2, 0.25) is 0 Å². The second-order valence-electron chi connectivity index (χ2n) is 12.1. The largest absolute Gasteiger partial charge is 0.187 e. The van der Waals surface area contributed by atoms with Crippen LogP contribution >= 0.6 is 0 Å². The minimum Gasteiger partial charge on any atom is -0.103 e. The van der Waals surface area contributed by atoms with Gasteiger partial charge in [0.15, 0.2) is 6.71 Å². The topological polar surface area (TPSA) is 0 Å². The van der Waals surface area contributed by atoms with Gasteiger partial charge in [-0.05, 0) is 82.0 Å².